The lowest BCUT2D eigenvalue weighted by molar-refractivity contribution is 0.128. The molecule has 18 heavy (non-hydrogen) atoms. The largest absolute Gasteiger partial charge is 0.374 e. The summed E-state index contributed by atoms with van der Waals surface area (Å²) < 4.78 is 5.94. The molecule has 1 N–H and O–H groups in total. The molecule has 0 saturated heterocycles. The average molecular weight is 260 g/mol. The first-order chi connectivity index (χ1) is 8.70. The highest BCUT2D eigenvalue weighted by molar-refractivity contribution is 7.71. The van der Waals surface area contributed by atoms with Crippen LogP contribution in [0, 0.1) is 11.6 Å². The lowest BCUT2D eigenvalue weighted by Crippen LogP contribution is -2.01. The van der Waals surface area contributed by atoms with Gasteiger partial charge in [0.15, 0.2) is 0 Å². The maximum Gasteiger partial charge on any atom is 0.134 e. The normalized spacial score (nSPS) is 10.6. The topological polar surface area (TPSA) is 37.9 Å². The summed E-state index contributed by atoms with van der Waals surface area (Å²) in [5.74, 6) is 0.766. The molecule has 0 saturated carbocycles. The van der Waals surface area contributed by atoms with Crippen molar-refractivity contribution in [2.45, 2.75) is 20.5 Å². The zero-order chi connectivity index (χ0) is 13.0. The van der Waals surface area contributed by atoms with Gasteiger partial charge in [0.25, 0.3) is 0 Å². The molecule has 2 rings (SSSR count). The molecule has 2 aromatic rings. The van der Waals surface area contributed by atoms with Crippen LogP contribution < -0.4 is 0 Å². The van der Waals surface area contributed by atoms with Crippen LogP contribution >= 0.6 is 12.2 Å². The van der Waals surface area contributed by atoms with Crippen molar-refractivity contribution in [2.24, 2.45) is 0 Å². The monoisotopic (exact) mass is 260 g/mol. The number of hydrogen-bond donors (Lipinski definition) is 1. The quantitative estimate of drug-likeness (QED) is 0.853. The first-order valence-corrected chi connectivity index (χ1v) is 6.35. The van der Waals surface area contributed by atoms with E-state index < -0.39 is 0 Å². The summed E-state index contributed by atoms with van der Waals surface area (Å²) in [6, 6.07) is 10.1. The second-order valence-electron chi connectivity index (χ2n) is 4.03. The minimum atomic E-state index is 0.458. The van der Waals surface area contributed by atoms with Crippen LogP contribution in [0.2, 0.25) is 0 Å². The summed E-state index contributed by atoms with van der Waals surface area (Å²) in [7, 11) is 0. The number of benzene rings is 1. The van der Waals surface area contributed by atoms with Crippen LogP contribution in [0.1, 0.15) is 18.3 Å². The molecule has 94 valence electrons. The summed E-state index contributed by atoms with van der Waals surface area (Å²) in [4.78, 5) is 7.54. The van der Waals surface area contributed by atoms with E-state index >= 15 is 0 Å². The number of hydrogen-bond acceptors (Lipinski definition) is 3. The van der Waals surface area contributed by atoms with Crippen LogP contribution in [0.4, 0.5) is 0 Å². The molecule has 0 radical (unpaired) electrons. The van der Waals surface area contributed by atoms with Crippen molar-refractivity contribution in [2.75, 3.05) is 6.61 Å². The van der Waals surface area contributed by atoms with E-state index in [1.165, 1.54) is 5.56 Å². The Hall–Kier alpha value is -1.52. The minimum absolute atomic E-state index is 0.458. The van der Waals surface area contributed by atoms with E-state index in [0.29, 0.717) is 17.9 Å². The SMILES string of the molecule is CCOCc1nc(=S)cc(-c2ccccc2C)[nH]1. The Kier molecular flexibility index (Phi) is 4.23. The predicted octanol–water partition coefficient (Wildman–Crippen LogP) is 3.65. The van der Waals surface area contributed by atoms with Crippen molar-refractivity contribution in [3.63, 3.8) is 0 Å². The van der Waals surface area contributed by atoms with Crippen LogP contribution in [0.5, 0.6) is 0 Å². The van der Waals surface area contributed by atoms with E-state index in [0.717, 1.165) is 17.1 Å². The highest BCUT2D eigenvalue weighted by Gasteiger charge is 2.04. The van der Waals surface area contributed by atoms with Gasteiger partial charge in [-0.3, -0.25) is 0 Å². The van der Waals surface area contributed by atoms with Gasteiger partial charge in [-0.15, -0.1) is 0 Å². The second-order valence-corrected chi connectivity index (χ2v) is 4.45. The molecule has 0 unspecified atom stereocenters. The Labute approximate surface area is 112 Å². The van der Waals surface area contributed by atoms with Crippen molar-refractivity contribution in [1.82, 2.24) is 9.97 Å². The van der Waals surface area contributed by atoms with Crippen LogP contribution in [0.3, 0.4) is 0 Å². The fraction of sp³-hybridized carbons (Fsp3) is 0.286. The number of nitrogens with one attached hydrogen (secondary N) is 1. The lowest BCUT2D eigenvalue weighted by atomic mass is 10.1. The van der Waals surface area contributed by atoms with E-state index in [9.17, 15) is 0 Å². The van der Waals surface area contributed by atoms with Gasteiger partial charge in [-0.1, -0.05) is 36.5 Å². The molecule has 0 fully saturated rings. The maximum atomic E-state index is 5.36. The number of rotatable bonds is 4. The Morgan fingerprint density at radius 3 is 2.83 bits per heavy atom. The van der Waals surface area contributed by atoms with Crippen molar-refractivity contribution in [1.29, 1.82) is 0 Å². The van der Waals surface area contributed by atoms with Gasteiger partial charge in [0.05, 0.1) is 5.69 Å². The molecule has 0 aliphatic heterocycles. The molecule has 1 aromatic heterocycles. The van der Waals surface area contributed by atoms with Crippen LogP contribution in [0.25, 0.3) is 11.3 Å². The van der Waals surface area contributed by atoms with Crippen molar-refractivity contribution < 1.29 is 4.74 Å². The minimum Gasteiger partial charge on any atom is -0.374 e. The molecule has 0 amide bonds. The fourth-order valence-electron chi connectivity index (χ4n) is 1.80. The van der Waals surface area contributed by atoms with Gasteiger partial charge in [-0.25, -0.2) is 4.98 Å². The number of aryl methyl sites for hydroxylation is 1. The van der Waals surface area contributed by atoms with Crippen LogP contribution in [0.15, 0.2) is 30.3 Å². The van der Waals surface area contributed by atoms with Gasteiger partial charge >= 0.3 is 0 Å². The smallest absolute Gasteiger partial charge is 0.134 e. The predicted molar refractivity (Wildman–Crippen MR) is 74.9 cm³/mol. The summed E-state index contributed by atoms with van der Waals surface area (Å²) >= 11 is 5.19. The third-order valence-corrected chi connectivity index (χ3v) is 2.88. The van der Waals surface area contributed by atoms with E-state index in [-0.39, 0.29) is 0 Å². The lowest BCUT2D eigenvalue weighted by Gasteiger charge is -2.08. The van der Waals surface area contributed by atoms with Gasteiger partial charge in [-0.2, -0.15) is 0 Å². The Morgan fingerprint density at radius 1 is 1.33 bits per heavy atom. The summed E-state index contributed by atoms with van der Waals surface area (Å²) in [6.07, 6.45) is 0. The molecule has 4 heteroatoms. The standard InChI is InChI=1S/C14H16N2OS/c1-3-17-9-13-15-12(8-14(18)16-13)11-7-5-4-6-10(11)2/h4-8H,3,9H2,1-2H3,(H,15,16,18). The number of nitrogens with zero attached hydrogens (tertiary/aromatic N) is 1. The summed E-state index contributed by atoms with van der Waals surface area (Å²) in [5.41, 5.74) is 3.34. The number of aromatic nitrogens is 2. The van der Waals surface area contributed by atoms with Gasteiger partial charge < -0.3 is 9.72 Å². The molecule has 0 spiro atoms. The zero-order valence-corrected chi connectivity index (χ0v) is 11.4. The van der Waals surface area contributed by atoms with Gasteiger partial charge in [0, 0.05) is 12.2 Å². The first-order valence-electron chi connectivity index (χ1n) is 5.94. The third-order valence-electron chi connectivity index (χ3n) is 2.67. The molecule has 0 bridgehead atoms. The van der Waals surface area contributed by atoms with E-state index in [1.54, 1.807) is 0 Å². The highest BCUT2D eigenvalue weighted by atomic mass is 32.1. The van der Waals surface area contributed by atoms with Crippen LogP contribution in [-0.2, 0) is 11.3 Å². The van der Waals surface area contributed by atoms with E-state index in [1.807, 2.05) is 25.1 Å². The van der Waals surface area contributed by atoms with Gasteiger partial charge in [0.1, 0.15) is 17.1 Å². The van der Waals surface area contributed by atoms with Crippen LogP contribution in [-0.4, -0.2) is 16.6 Å². The highest BCUT2D eigenvalue weighted by Crippen LogP contribution is 2.21. The molecular formula is C14H16N2OS. The Morgan fingerprint density at radius 2 is 2.11 bits per heavy atom. The average Bonchev–Trinajstić information content (AvgIpc) is 2.36. The maximum absolute atomic E-state index is 5.36. The first kappa shape index (κ1) is 12.9. The molecule has 0 atom stereocenters. The molecule has 0 aliphatic carbocycles. The molecule has 0 aliphatic rings. The van der Waals surface area contributed by atoms with Gasteiger partial charge in [0.2, 0.25) is 0 Å². The molecule has 1 heterocycles. The van der Waals surface area contributed by atoms with Crippen molar-refractivity contribution >= 4 is 12.2 Å². The molecule has 1 aromatic carbocycles. The second kappa shape index (κ2) is 5.89. The molecule has 3 nitrogen and oxygen atoms in total. The van der Waals surface area contributed by atoms with Gasteiger partial charge in [-0.05, 0) is 25.5 Å². The number of ether oxygens (including phenoxy) is 1. The van der Waals surface area contributed by atoms with Crippen molar-refractivity contribution in [3.05, 3.63) is 46.4 Å². The van der Waals surface area contributed by atoms with Crippen molar-refractivity contribution in [3.8, 4) is 11.3 Å². The number of H-pyrrole nitrogens is 1. The van der Waals surface area contributed by atoms with E-state index in [4.69, 9.17) is 17.0 Å². The Balaban J connectivity index is 2.42. The van der Waals surface area contributed by atoms with E-state index in [2.05, 4.69) is 29.0 Å². The Bertz CT molecular complexity index is 592. The zero-order valence-electron chi connectivity index (χ0n) is 10.6. The molecular weight excluding hydrogens is 244 g/mol. The number of aromatic amines is 1. The summed E-state index contributed by atoms with van der Waals surface area (Å²) in [6.45, 7) is 5.16. The third kappa shape index (κ3) is 3.03. The fourth-order valence-corrected chi connectivity index (χ4v) is 2.02. The summed E-state index contributed by atoms with van der Waals surface area (Å²) in [5, 5.41) is 0.